The Hall–Kier alpha value is -4.23. The number of aliphatic hydroxyl groups excluding tert-OH is 2. The Bertz CT molecular complexity index is 1180. The number of nitrogens with zero attached hydrogens (tertiary/aromatic N) is 2. The quantitative estimate of drug-likeness (QED) is 0.396. The molecule has 2 aromatic heterocycles. The first-order valence-corrected chi connectivity index (χ1v) is 10.8. The highest BCUT2D eigenvalue weighted by Gasteiger charge is 2.27. The zero-order valence-corrected chi connectivity index (χ0v) is 18.8. The summed E-state index contributed by atoms with van der Waals surface area (Å²) in [5.41, 5.74) is 2.85. The Morgan fingerprint density at radius 2 is 1.32 bits per heavy atom. The summed E-state index contributed by atoms with van der Waals surface area (Å²) < 4.78 is 0. The van der Waals surface area contributed by atoms with Crippen LogP contribution < -0.4 is 5.32 Å². The summed E-state index contributed by atoms with van der Waals surface area (Å²) in [5, 5.41) is 21.8. The van der Waals surface area contributed by atoms with Crippen molar-refractivity contribution in [3.8, 4) is 23.7 Å². The molecule has 1 amide bonds. The molecule has 0 spiro atoms. The second-order valence-electron chi connectivity index (χ2n) is 7.59. The van der Waals surface area contributed by atoms with Crippen LogP contribution in [0.25, 0.3) is 6.08 Å². The van der Waals surface area contributed by atoms with Crippen LogP contribution in [0, 0.1) is 23.7 Å². The van der Waals surface area contributed by atoms with Gasteiger partial charge in [0.2, 0.25) is 5.91 Å². The van der Waals surface area contributed by atoms with Gasteiger partial charge in [-0.1, -0.05) is 30.6 Å². The number of carbonyl (C=O) groups excluding carboxylic acids is 1. The molecule has 0 saturated carbocycles. The van der Waals surface area contributed by atoms with Crippen LogP contribution in [-0.2, 0) is 4.79 Å². The minimum Gasteiger partial charge on any atom is -0.394 e. The smallest absolute Gasteiger partial charge is 0.244 e. The van der Waals surface area contributed by atoms with Gasteiger partial charge in [-0.05, 0) is 60.5 Å². The van der Waals surface area contributed by atoms with Crippen molar-refractivity contribution < 1.29 is 15.0 Å². The van der Waals surface area contributed by atoms with E-state index >= 15 is 0 Å². The maximum absolute atomic E-state index is 12.4. The first-order valence-electron chi connectivity index (χ1n) is 10.8. The lowest BCUT2D eigenvalue weighted by molar-refractivity contribution is -0.119. The van der Waals surface area contributed by atoms with Crippen molar-refractivity contribution in [2.45, 2.75) is 18.9 Å². The van der Waals surface area contributed by atoms with E-state index in [0.717, 1.165) is 27.8 Å². The Morgan fingerprint density at radius 1 is 0.853 bits per heavy atom. The van der Waals surface area contributed by atoms with Gasteiger partial charge in [0.1, 0.15) is 0 Å². The minimum absolute atomic E-state index is 0.353. The fraction of sp³-hybridized carbons (Fsp3) is 0.179. The highest BCUT2D eigenvalue weighted by atomic mass is 16.3. The van der Waals surface area contributed by atoms with E-state index in [4.69, 9.17) is 0 Å². The zero-order valence-electron chi connectivity index (χ0n) is 18.8. The molecule has 0 aliphatic heterocycles. The van der Waals surface area contributed by atoms with Gasteiger partial charge in [0.15, 0.2) is 0 Å². The number of pyridine rings is 2. The van der Waals surface area contributed by atoms with E-state index in [9.17, 15) is 15.0 Å². The number of carbonyl (C=O) groups is 1. The molecule has 0 saturated heterocycles. The van der Waals surface area contributed by atoms with E-state index in [1.54, 1.807) is 37.8 Å². The fourth-order valence-corrected chi connectivity index (χ4v) is 2.97. The van der Waals surface area contributed by atoms with Gasteiger partial charge in [0.25, 0.3) is 0 Å². The third-order valence-electron chi connectivity index (χ3n) is 5.12. The first-order chi connectivity index (χ1) is 16.6. The largest absolute Gasteiger partial charge is 0.394 e. The molecule has 170 valence electrons. The number of aromatic nitrogens is 2. The van der Waals surface area contributed by atoms with Crippen LogP contribution in [0.15, 0.2) is 73.3 Å². The van der Waals surface area contributed by atoms with E-state index in [1.807, 2.05) is 42.5 Å². The summed E-state index contributed by atoms with van der Waals surface area (Å²) in [4.78, 5) is 20.4. The maximum Gasteiger partial charge on any atom is 0.244 e. The molecule has 34 heavy (non-hydrogen) atoms. The molecule has 0 radical (unpaired) electrons. The summed E-state index contributed by atoms with van der Waals surface area (Å²) >= 11 is 0. The van der Waals surface area contributed by atoms with Gasteiger partial charge in [0, 0.05) is 53.1 Å². The molecular formula is C28H25N3O3. The summed E-state index contributed by atoms with van der Waals surface area (Å²) in [5.74, 6) is 12.1. The average Bonchev–Trinajstić information content (AvgIpc) is 2.89. The van der Waals surface area contributed by atoms with Gasteiger partial charge >= 0.3 is 0 Å². The van der Waals surface area contributed by atoms with E-state index in [2.05, 4.69) is 39.0 Å². The van der Waals surface area contributed by atoms with Crippen LogP contribution >= 0.6 is 0 Å². The molecule has 0 fully saturated rings. The lowest BCUT2D eigenvalue weighted by Gasteiger charge is -2.29. The molecule has 0 unspecified atom stereocenters. The van der Waals surface area contributed by atoms with Crippen molar-refractivity contribution in [2.24, 2.45) is 0 Å². The van der Waals surface area contributed by atoms with Crippen LogP contribution in [0.4, 0.5) is 0 Å². The molecule has 0 aliphatic carbocycles. The molecule has 0 atom stereocenters. The molecular weight excluding hydrogens is 426 g/mol. The zero-order chi connectivity index (χ0) is 24.2. The van der Waals surface area contributed by atoms with Crippen molar-refractivity contribution in [2.75, 3.05) is 13.2 Å². The summed E-state index contributed by atoms with van der Waals surface area (Å²) in [6.07, 6.45) is 10.1. The SMILES string of the molecule is CCC(CO)(CO)NC(=O)/C=C/c1cc(C#Cc2ccncc2)cc(C#Cc2ccncc2)c1. The molecule has 2 heterocycles. The number of benzene rings is 1. The molecule has 6 nitrogen and oxygen atoms in total. The van der Waals surface area contributed by atoms with Crippen molar-refractivity contribution in [3.63, 3.8) is 0 Å². The molecule has 1 aromatic carbocycles. The molecule has 3 rings (SSSR count). The van der Waals surface area contributed by atoms with Gasteiger partial charge in [0.05, 0.1) is 18.8 Å². The van der Waals surface area contributed by atoms with Crippen molar-refractivity contribution in [3.05, 3.63) is 101 Å². The number of nitrogens with one attached hydrogen (secondary N) is 1. The number of aliphatic hydroxyl groups is 2. The van der Waals surface area contributed by atoms with Gasteiger partial charge in [-0.3, -0.25) is 14.8 Å². The van der Waals surface area contributed by atoms with Crippen LogP contribution in [0.1, 0.15) is 41.2 Å². The molecule has 3 N–H and O–H groups in total. The molecule has 6 heteroatoms. The van der Waals surface area contributed by atoms with Gasteiger partial charge < -0.3 is 15.5 Å². The van der Waals surface area contributed by atoms with Crippen molar-refractivity contribution >= 4 is 12.0 Å². The number of hydrogen-bond acceptors (Lipinski definition) is 5. The van der Waals surface area contributed by atoms with Crippen molar-refractivity contribution in [1.82, 2.24) is 15.3 Å². The molecule has 0 aliphatic rings. The summed E-state index contributed by atoms with van der Waals surface area (Å²) in [7, 11) is 0. The Labute approximate surface area is 199 Å². The van der Waals surface area contributed by atoms with Crippen LogP contribution in [0.2, 0.25) is 0 Å². The predicted molar refractivity (Wildman–Crippen MR) is 131 cm³/mol. The first kappa shape index (κ1) is 24.4. The normalized spacial score (nSPS) is 10.7. The van der Waals surface area contributed by atoms with Crippen LogP contribution in [-0.4, -0.2) is 44.8 Å². The Kier molecular flexibility index (Phi) is 8.71. The monoisotopic (exact) mass is 451 g/mol. The average molecular weight is 452 g/mol. The summed E-state index contributed by atoms with van der Waals surface area (Å²) in [6, 6.07) is 12.9. The highest BCUT2D eigenvalue weighted by molar-refractivity contribution is 5.92. The molecule has 3 aromatic rings. The Morgan fingerprint density at radius 3 is 1.76 bits per heavy atom. The molecule has 0 bridgehead atoms. The van der Waals surface area contributed by atoms with E-state index < -0.39 is 11.4 Å². The maximum atomic E-state index is 12.4. The standard InChI is InChI=1S/C28H25N3O3/c1-2-28(20-32,21-33)31-27(34)8-7-26-18-24(5-3-22-9-13-29-14-10-22)17-25(19-26)6-4-23-11-15-30-16-12-23/h7-19,32-33H,2,20-21H2,1H3,(H,31,34)/b8-7+. The predicted octanol–water partition coefficient (Wildman–Crippen LogP) is 2.54. The highest BCUT2D eigenvalue weighted by Crippen LogP contribution is 2.13. The van der Waals surface area contributed by atoms with E-state index in [1.165, 1.54) is 6.08 Å². The van der Waals surface area contributed by atoms with E-state index in [0.29, 0.717) is 6.42 Å². The van der Waals surface area contributed by atoms with Gasteiger partial charge in [-0.25, -0.2) is 0 Å². The topological polar surface area (TPSA) is 95.3 Å². The third kappa shape index (κ3) is 7.15. The fourth-order valence-electron chi connectivity index (χ4n) is 2.97. The summed E-state index contributed by atoms with van der Waals surface area (Å²) in [6.45, 7) is 1.08. The van der Waals surface area contributed by atoms with Crippen LogP contribution in [0.5, 0.6) is 0 Å². The second-order valence-corrected chi connectivity index (χ2v) is 7.59. The third-order valence-corrected chi connectivity index (χ3v) is 5.12. The van der Waals surface area contributed by atoms with E-state index in [-0.39, 0.29) is 13.2 Å². The van der Waals surface area contributed by atoms with Gasteiger partial charge in [-0.2, -0.15) is 0 Å². The van der Waals surface area contributed by atoms with Gasteiger partial charge in [-0.15, -0.1) is 0 Å². The lowest BCUT2D eigenvalue weighted by atomic mass is 9.98. The second kappa shape index (κ2) is 12.1. The van der Waals surface area contributed by atoms with Crippen molar-refractivity contribution in [1.29, 1.82) is 0 Å². The number of hydrogen-bond donors (Lipinski definition) is 3. The Balaban J connectivity index is 1.91. The lowest BCUT2D eigenvalue weighted by Crippen LogP contribution is -2.53. The number of amides is 1. The van der Waals surface area contributed by atoms with Crippen LogP contribution in [0.3, 0.4) is 0 Å². The minimum atomic E-state index is -1.06. The number of rotatable bonds is 6.